The quantitative estimate of drug-likeness (QED) is 0.119. The van der Waals surface area contributed by atoms with E-state index in [9.17, 15) is 39.0 Å². The van der Waals surface area contributed by atoms with Gasteiger partial charge in [-0.25, -0.2) is 4.79 Å². The maximum atomic E-state index is 12.2. The molecule has 0 aromatic rings. The Labute approximate surface area is 190 Å². The third-order valence-electron chi connectivity index (χ3n) is 4.79. The predicted molar refractivity (Wildman–Crippen MR) is 113 cm³/mol. The summed E-state index contributed by atoms with van der Waals surface area (Å²) >= 11 is 0. The largest absolute Gasteiger partial charge is 0.481 e. The molecule has 9 N–H and O–H groups in total. The first-order chi connectivity index (χ1) is 15.3. The zero-order chi connectivity index (χ0) is 25.7. The van der Waals surface area contributed by atoms with Gasteiger partial charge in [0.05, 0.1) is 19.2 Å². The average molecular weight is 475 g/mol. The lowest BCUT2D eigenvalue weighted by atomic mass is 9.99. The van der Waals surface area contributed by atoms with E-state index in [0.717, 1.165) is 0 Å². The second-order valence-electron chi connectivity index (χ2n) is 7.50. The lowest BCUT2D eigenvalue weighted by molar-refractivity contribution is -0.143. The number of aliphatic carboxylic acids is 2. The minimum atomic E-state index is -1.45. The summed E-state index contributed by atoms with van der Waals surface area (Å²) < 4.78 is 0. The summed E-state index contributed by atoms with van der Waals surface area (Å²) in [5.41, 5.74) is 5.55. The molecule has 0 fully saturated rings. The topological polar surface area (TPSA) is 237 Å². The highest BCUT2D eigenvalue weighted by Crippen LogP contribution is 2.07. The van der Waals surface area contributed by atoms with Gasteiger partial charge >= 0.3 is 11.9 Å². The van der Waals surface area contributed by atoms with Crippen LogP contribution in [0, 0.1) is 5.92 Å². The van der Waals surface area contributed by atoms with E-state index in [0.29, 0.717) is 6.42 Å². The van der Waals surface area contributed by atoms with E-state index >= 15 is 0 Å². The van der Waals surface area contributed by atoms with Crippen LogP contribution in [0.5, 0.6) is 0 Å². The molecule has 0 aliphatic carbocycles. The molecule has 0 saturated carbocycles. The molecule has 0 aromatic carbocycles. The summed E-state index contributed by atoms with van der Waals surface area (Å²) in [5.74, 6) is -5.98. The standard InChI is InChI=1S/C19H33N5O9/c1-4-9(2)15(19(32)33)24-13(26)7-21-18(31)12(8-25)23-16(29)10(3)22-17(30)11(20)5-6-14(27)28/h9-12,15,25H,4-8,20H2,1-3H3,(H,21,31)(H,22,30)(H,23,29)(H,24,26)(H,27,28)(H,32,33)/t9-,10-,11-,12-,15-/m0/s1. The molecule has 0 rings (SSSR count). The second-order valence-corrected chi connectivity index (χ2v) is 7.50. The molecule has 0 aromatic heterocycles. The van der Waals surface area contributed by atoms with Crippen molar-refractivity contribution in [3.05, 3.63) is 0 Å². The molecule has 188 valence electrons. The molecule has 4 amide bonds. The van der Waals surface area contributed by atoms with Crippen molar-refractivity contribution < 1.29 is 44.1 Å². The third-order valence-corrected chi connectivity index (χ3v) is 4.79. The first-order valence-electron chi connectivity index (χ1n) is 10.3. The SMILES string of the molecule is CC[C@H](C)[C@H](NC(=O)CNC(=O)[C@H](CO)NC(=O)[C@H](C)NC(=O)[C@@H](N)CCC(=O)O)C(=O)O. The minimum absolute atomic E-state index is 0.140. The van der Waals surface area contributed by atoms with Crippen molar-refractivity contribution in [3.8, 4) is 0 Å². The molecule has 0 radical (unpaired) electrons. The smallest absolute Gasteiger partial charge is 0.326 e. The summed E-state index contributed by atoms with van der Waals surface area (Å²) in [5, 5.41) is 36.1. The molecule has 0 spiro atoms. The van der Waals surface area contributed by atoms with Crippen LogP contribution in [0.3, 0.4) is 0 Å². The van der Waals surface area contributed by atoms with Gasteiger partial charge in [0.2, 0.25) is 23.6 Å². The molecule has 14 nitrogen and oxygen atoms in total. The van der Waals surface area contributed by atoms with Crippen molar-refractivity contribution in [1.29, 1.82) is 0 Å². The number of hydrogen-bond donors (Lipinski definition) is 8. The minimum Gasteiger partial charge on any atom is -0.481 e. The fourth-order valence-corrected chi connectivity index (χ4v) is 2.49. The Kier molecular flexibility index (Phi) is 13.3. The van der Waals surface area contributed by atoms with E-state index in [-0.39, 0.29) is 18.8 Å². The highest BCUT2D eigenvalue weighted by molar-refractivity contribution is 5.94. The van der Waals surface area contributed by atoms with Gasteiger partial charge in [-0.1, -0.05) is 20.3 Å². The lowest BCUT2D eigenvalue weighted by Crippen LogP contribution is -2.56. The molecule has 0 heterocycles. The fourth-order valence-electron chi connectivity index (χ4n) is 2.49. The van der Waals surface area contributed by atoms with Gasteiger partial charge in [-0.15, -0.1) is 0 Å². The van der Waals surface area contributed by atoms with Crippen LogP contribution in [0.1, 0.15) is 40.0 Å². The number of carboxylic acid groups (broad SMARTS) is 2. The van der Waals surface area contributed by atoms with Crippen LogP contribution >= 0.6 is 0 Å². The molecular formula is C19H33N5O9. The van der Waals surface area contributed by atoms with Gasteiger partial charge in [0, 0.05) is 6.42 Å². The first kappa shape index (κ1) is 29.7. The number of carbonyl (C=O) groups is 6. The van der Waals surface area contributed by atoms with Crippen molar-refractivity contribution in [3.63, 3.8) is 0 Å². The van der Waals surface area contributed by atoms with Crippen LogP contribution in [0.4, 0.5) is 0 Å². The lowest BCUT2D eigenvalue weighted by Gasteiger charge is -2.22. The number of nitrogens with one attached hydrogen (secondary N) is 4. The van der Waals surface area contributed by atoms with Gasteiger partial charge in [-0.3, -0.25) is 24.0 Å². The van der Waals surface area contributed by atoms with Crippen molar-refractivity contribution >= 4 is 35.6 Å². The Hall–Kier alpha value is -3.26. The molecule has 0 aliphatic heterocycles. The Bertz CT molecular complexity index is 730. The maximum absolute atomic E-state index is 12.2. The number of carbonyl (C=O) groups excluding carboxylic acids is 4. The highest BCUT2D eigenvalue weighted by Gasteiger charge is 2.27. The van der Waals surface area contributed by atoms with Gasteiger partial charge in [0.15, 0.2) is 0 Å². The van der Waals surface area contributed by atoms with Crippen LogP contribution < -0.4 is 27.0 Å². The van der Waals surface area contributed by atoms with Crippen LogP contribution in [-0.2, 0) is 28.8 Å². The number of nitrogens with two attached hydrogens (primary N) is 1. The molecular weight excluding hydrogens is 442 g/mol. The Morgan fingerprint density at radius 2 is 1.52 bits per heavy atom. The van der Waals surface area contributed by atoms with Crippen LogP contribution in [0.2, 0.25) is 0 Å². The zero-order valence-corrected chi connectivity index (χ0v) is 18.8. The van der Waals surface area contributed by atoms with Gasteiger partial charge < -0.3 is 42.3 Å². The Balaban J connectivity index is 4.71. The molecule has 0 bridgehead atoms. The summed E-state index contributed by atoms with van der Waals surface area (Å²) in [7, 11) is 0. The summed E-state index contributed by atoms with van der Waals surface area (Å²) in [4.78, 5) is 70.1. The number of aliphatic hydroxyl groups is 1. The van der Waals surface area contributed by atoms with E-state index < -0.39 is 72.9 Å². The summed E-state index contributed by atoms with van der Waals surface area (Å²) in [6, 6.07) is -4.91. The molecule has 0 unspecified atom stereocenters. The third kappa shape index (κ3) is 11.2. The average Bonchev–Trinajstić information content (AvgIpc) is 2.76. The molecule has 14 heteroatoms. The molecule has 33 heavy (non-hydrogen) atoms. The molecule has 0 aliphatic rings. The predicted octanol–water partition coefficient (Wildman–Crippen LogP) is -3.11. The Morgan fingerprint density at radius 1 is 0.909 bits per heavy atom. The fraction of sp³-hybridized carbons (Fsp3) is 0.684. The van der Waals surface area contributed by atoms with E-state index in [1.54, 1.807) is 13.8 Å². The number of amides is 4. The van der Waals surface area contributed by atoms with Crippen molar-refractivity contribution in [2.24, 2.45) is 11.7 Å². The van der Waals surface area contributed by atoms with E-state index in [1.165, 1.54) is 6.92 Å². The first-order valence-corrected chi connectivity index (χ1v) is 10.3. The number of rotatable bonds is 15. The second kappa shape index (κ2) is 14.7. The van der Waals surface area contributed by atoms with Crippen LogP contribution in [0.15, 0.2) is 0 Å². The highest BCUT2D eigenvalue weighted by atomic mass is 16.4. The van der Waals surface area contributed by atoms with Crippen molar-refractivity contribution in [2.45, 2.75) is 64.2 Å². The van der Waals surface area contributed by atoms with Crippen LogP contribution in [0.25, 0.3) is 0 Å². The van der Waals surface area contributed by atoms with Crippen LogP contribution in [-0.4, -0.2) is 88.2 Å². The van der Waals surface area contributed by atoms with E-state index in [1.807, 2.05) is 0 Å². The molecule has 5 atom stereocenters. The van der Waals surface area contributed by atoms with E-state index in [4.69, 9.17) is 10.8 Å². The number of aliphatic hydroxyl groups excluding tert-OH is 1. The van der Waals surface area contributed by atoms with Gasteiger partial charge in [-0.2, -0.15) is 0 Å². The van der Waals surface area contributed by atoms with E-state index in [2.05, 4.69) is 21.3 Å². The Morgan fingerprint density at radius 3 is 2.00 bits per heavy atom. The zero-order valence-electron chi connectivity index (χ0n) is 18.8. The normalized spacial score (nSPS) is 15.2. The summed E-state index contributed by atoms with van der Waals surface area (Å²) in [6.45, 7) is 3.29. The number of hydrogen-bond acceptors (Lipinski definition) is 8. The van der Waals surface area contributed by atoms with Crippen molar-refractivity contribution in [1.82, 2.24) is 21.3 Å². The van der Waals surface area contributed by atoms with Crippen molar-refractivity contribution in [2.75, 3.05) is 13.2 Å². The van der Waals surface area contributed by atoms with Gasteiger partial charge in [0.1, 0.15) is 18.1 Å². The van der Waals surface area contributed by atoms with Gasteiger partial charge in [0.25, 0.3) is 0 Å². The number of carboxylic acids is 2. The summed E-state index contributed by atoms with van der Waals surface area (Å²) in [6.07, 6.45) is 0.0283. The van der Waals surface area contributed by atoms with Gasteiger partial charge in [-0.05, 0) is 19.3 Å². The molecule has 0 saturated heterocycles. The maximum Gasteiger partial charge on any atom is 0.326 e. The monoisotopic (exact) mass is 475 g/mol.